The van der Waals surface area contributed by atoms with Crippen LogP contribution in [0.25, 0.3) is 0 Å². The highest BCUT2D eigenvalue weighted by Crippen LogP contribution is 2.19. The summed E-state index contributed by atoms with van der Waals surface area (Å²) in [5, 5.41) is 0. The zero-order valence-electron chi connectivity index (χ0n) is 11.6. The van der Waals surface area contributed by atoms with E-state index in [4.69, 9.17) is 14.2 Å². The molecule has 0 N–H and O–H groups in total. The van der Waals surface area contributed by atoms with Gasteiger partial charge in [0, 0.05) is 6.54 Å². The first-order chi connectivity index (χ1) is 8.26. The zero-order chi connectivity index (χ0) is 13.9. The van der Waals surface area contributed by atoms with Crippen molar-refractivity contribution in [3.8, 4) is 0 Å². The number of morpholine rings is 1. The number of hydrogen-bond acceptors (Lipinski definition) is 5. The number of amides is 1. The number of nitrogens with zero attached hydrogens (tertiary/aromatic N) is 1. The van der Waals surface area contributed by atoms with Crippen molar-refractivity contribution in [3.05, 3.63) is 0 Å². The molecular formula is C12H21NO5. The Kier molecular flexibility index (Phi) is 4.56. The van der Waals surface area contributed by atoms with E-state index in [1.54, 1.807) is 27.7 Å². The molecule has 6 nitrogen and oxygen atoms in total. The molecule has 104 valence electrons. The number of carbonyl (C=O) groups is 2. The SMILES string of the molecule is COC(=O)[C@H]1[C@H](C)OCCN1C(=O)OC(C)(C)C. The summed E-state index contributed by atoms with van der Waals surface area (Å²) in [6.07, 6.45) is -0.924. The van der Waals surface area contributed by atoms with Crippen molar-refractivity contribution in [2.24, 2.45) is 0 Å². The van der Waals surface area contributed by atoms with E-state index < -0.39 is 29.8 Å². The fourth-order valence-electron chi connectivity index (χ4n) is 1.79. The maximum Gasteiger partial charge on any atom is 0.411 e. The van der Waals surface area contributed by atoms with Crippen LogP contribution in [0, 0.1) is 0 Å². The number of carbonyl (C=O) groups excluding carboxylic acids is 2. The molecule has 1 fully saturated rings. The molecule has 0 radical (unpaired) electrons. The Morgan fingerprint density at radius 1 is 1.33 bits per heavy atom. The third kappa shape index (κ3) is 3.60. The fraction of sp³-hybridized carbons (Fsp3) is 0.833. The summed E-state index contributed by atoms with van der Waals surface area (Å²) in [5.41, 5.74) is -0.598. The third-order valence-electron chi connectivity index (χ3n) is 2.56. The molecule has 0 aromatic heterocycles. The summed E-state index contributed by atoms with van der Waals surface area (Å²) in [6, 6.07) is -0.751. The molecule has 1 rings (SSSR count). The molecule has 0 aromatic rings. The van der Waals surface area contributed by atoms with Crippen molar-refractivity contribution in [2.45, 2.75) is 45.4 Å². The highest BCUT2D eigenvalue weighted by molar-refractivity contribution is 5.82. The minimum absolute atomic E-state index is 0.318. The molecule has 0 saturated carbocycles. The molecule has 0 bridgehead atoms. The van der Waals surface area contributed by atoms with Crippen LogP contribution in [-0.2, 0) is 19.0 Å². The second-order valence-corrected chi connectivity index (χ2v) is 5.22. The smallest absolute Gasteiger partial charge is 0.411 e. The number of hydrogen-bond donors (Lipinski definition) is 0. The van der Waals surface area contributed by atoms with Crippen molar-refractivity contribution in [1.82, 2.24) is 4.90 Å². The molecule has 6 heteroatoms. The second-order valence-electron chi connectivity index (χ2n) is 5.22. The van der Waals surface area contributed by atoms with Gasteiger partial charge in [0.2, 0.25) is 0 Å². The Hall–Kier alpha value is -1.30. The minimum Gasteiger partial charge on any atom is -0.467 e. The quantitative estimate of drug-likeness (QED) is 0.662. The van der Waals surface area contributed by atoms with E-state index in [0.29, 0.717) is 13.2 Å². The predicted molar refractivity (Wildman–Crippen MR) is 64.2 cm³/mol. The van der Waals surface area contributed by atoms with Gasteiger partial charge >= 0.3 is 12.1 Å². The summed E-state index contributed by atoms with van der Waals surface area (Å²) in [6.45, 7) is 7.77. The van der Waals surface area contributed by atoms with Gasteiger partial charge in [-0.3, -0.25) is 4.90 Å². The van der Waals surface area contributed by atoms with Crippen LogP contribution in [0.15, 0.2) is 0 Å². The molecule has 1 amide bonds. The van der Waals surface area contributed by atoms with Crippen LogP contribution >= 0.6 is 0 Å². The lowest BCUT2D eigenvalue weighted by molar-refractivity contribution is -0.158. The van der Waals surface area contributed by atoms with Crippen molar-refractivity contribution in [3.63, 3.8) is 0 Å². The molecule has 2 atom stereocenters. The lowest BCUT2D eigenvalue weighted by Gasteiger charge is -2.38. The number of esters is 1. The molecule has 0 unspecified atom stereocenters. The molecule has 0 aromatic carbocycles. The lowest BCUT2D eigenvalue weighted by Crippen LogP contribution is -2.57. The Balaban J connectivity index is 2.82. The number of rotatable bonds is 1. The average molecular weight is 259 g/mol. The first kappa shape index (κ1) is 14.8. The van der Waals surface area contributed by atoms with E-state index in [1.165, 1.54) is 12.0 Å². The lowest BCUT2D eigenvalue weighted by atomic mass is 10.1. The molecule has 1 aliphatic heterocycles. The molecule has 0 spiro atoms. The molecule has 0 aliphatic carbocycles. The minimum atomic E-state index is -0.751. The van der Waals surface area contributed by atoms with E-state index in [2.05, 4.69) is 0 Å². The third-order valence-corrected chi connectivity index (χ3v) is 2.56. The van der Waals surface area contributed by atoms with Gasteiger partial charge in [-0.15, -0.1) is 0 Å². The zero-order valence-corrected chi connectivity index (χ0v) is 11.6. The van der Waals surface area contributed by atoms with Gasteiger partial charge in [0.05, 0.1) is 19.8 Å². The van der Waals surface area contributed by atoms with Gasteiger partial charge in [-0.25, -0.2) is 9.59 Å². The van der Waals surface area contributed by atoms with E-state index in [9.17, 15) is 9.59 Å². The van der Waals surface area contributed by atoms with E-state index in [0.717, 1.165) is 0 Å². The second kappa shape index (κ2) is 5.56. The standard InChI is InChI=1S/C12H21NO5/c1-8-9(10(14)16-5)13(6-7-17-8)11(15)18-12(2,3)4/h8-9H,6-7H2,1-5H3/t8-,9+/m0/s1. The van der Waals surface area contributed by atoms with Gasteiger partial charge in [0.15, 0.2) is 6.04 Å². The van der Waals surface area contributed by atoms with Crippen molar-refractivity contribution in [1.29, 1.82) is 0 Å². The van der Waals surface area contributed by atoms with E-state index in [-0.39, 0.29) is 0 Å². The normalized spacial score (nSPS) is 24.6. The molecule has 1 aliphatic rings. The Bertz CT molecular complexity index is 323. The van der Waals surface area contributed by atoms with Gasteiger partial charge in [0.1, 0.15) is 5.60 Å². The van der Waals surface area contributed by atoms with Gasteiger partial charge < -0.3 is 14.2 Å². The summed E-state index contributed by atoms with van der Waals surface area (Å²) in [4.78, 5) is 25.1. The monoisotopic (exact) mass is 259 g/mol. The highest BCUT2D eigenvalue weighted by Gasteiger charge is 2.40. The fourth-order valence-corrected chi connectivity index (χ4v) is 1.79. The van der Waals surface area contributed by atoms with Crippen LogP contribution in [0.1, 0.15) is 27.7 Å². The van der Waals surface area contributed by atoms with Crippen molar-refractivity contribution in [2.75, 3.05) is 20.3 Å². The maximum atomic E-state index is 12.0. The van der Waals surface area contributed by atoms with Gasteiger partial charge in [-0.05, 0) is 27.7 Å². The van der Waals surface area contributed by atoms with Crippen LogP contribution in [-0.4, -0.2) is 55.0 Å². The van der Waals surface area contributed by atoms with E-state index >= 15 is 0 Å². The number of ether oxygens (including phenoxy) is 3. The van der Waals surface area contributed by atoms with Crippen molar-refractivity contribution < 1.29 is 23.8 Å². The van der Waals surface area contributed by atoms with Crippen LogP contribution in [0.2, 0.25) is 0 Å². The highest BCUT2D eigenvalue weighted by atomic mass is 16.6. The predicted octanol–water partition coefficient (Wildman–Crippen LogP) is 1.18. The van der Waals surface area contributed by atoms with Crippen LogP contribution in [0.3, 0.4) is 0 Å². The van der Waals surface area contributed by atoms with Gasteiger partial charge in [-0.2, -0.15) is 0 Å². The molecule has 1 saturated heterocycles. The van der Waals surface area contributed by atoms with Crippen LogP contribution in [0.4, 0.5) is 4.79 Å². The van der Waals surface area contributed by atoms with Gasteiger partial charge in [-0.1, -0.05) is 0 Å². The van der Waals surface area contributed by atoms with E-state index in [1.807, 2.05) is 0 Å². The Morgan fingerprint density at radius 3 is 2.44 bits per heavy atom. The van der Waals surface area contributed by atoms with Crippen LogP contribution < -0.4 is 0 Å². The average Bonchev–Trinajstić information content (AvgIpc) is 2.25. The Morgan fingerprint density at radius 2 is 1.94 bits per heavy atom. The molecular weight excluding hydrogens is 238 g/mol. The van der Waals surface area contributed by atoms with Crippen molar-refractivity contribution >= 4 is 12.1 Å². The maximum absolute atomic E-state index is 12.0. The number of methoxy groups -OCH3 is 1. The Labute approximate surface area is 107 Å². The summed E-state index contributed by atoms with van der Waals surface area (Å²) >= 11 is 0. The summed E-state index contributed by atoms with van der Waals surface area (Å²) < 4.78 is 15.3. The topological polar surface area (TPSA) is 65.1 Å². The first-order valence-electron chi connectivity index (χ1n) is 5.95. The largest absolute Gasteiger partial charge is 0.467 e. The summed E-state index contributed by atoms with van der Waals surface area (Å²) in [5.74, 6) is -0.493. The van der Waals surface area contributed by atoms with Gasteiger partial charge in [0.25, 0.3) is 0 Å². The van der Waals surface area contributed by atoms with Crippen LogP contribution in [0.5, 0.6) is 0 Å². The summed E-state index contributed by atoms with van der Waals surface area (Å²) in [7, 11) is 1.29. The molecule has 18 heavy (non-hydrogen) atoms. The molecule has 1 heterocycles. The first-order valence-corrected chi connectivity index (χ1v) is 5.95.